The van der Waals surface area contributed by atoms with E-state index in [1.165, 1.54) is 11.3 Å². The number of likely N-dealkylation sites (tertiary alicyclic amines) is 1. The molecule has 1 fully saturated rings. The summed E-state index contributed by atoms with van der Waals surface area (Å²) in [6, 6.07) is 2.87. The normalized spacial score (nSPS) is 20.3. The molecule has 2 N–H and O–H groups in total. The average molecular weight is 360 g/mol. The first-order valence-corrected chi connectivity index (χ1v) is 8.98. The van der Waals surface area contributed by atoms with Gasteiger partial charge in [-0.1, -0.05) is 0 Å². The van der Waals surface area contributed by atoms with Gasteiger partial charge in [0.1, 0.15) is 0 Å². The van der Waals surface area contributed by atoms with Crippen LogP contribution in [0.3, 0.4) is 0 Å². The van der Waals surface area contributed by atoms with Crippen molar-refractivity contribution in [2.24, 2.45) is 0 Å². The molecule has 3 rings (SSSR count). The maximum absolute atomic E-state index is 12.4. The average Bonchev–Trinajstić information content (AvgIpc) is 3.02. The fourth-order valence-corrected chi connectivity index (χ4v) is 3.45. The standard InChI is InChI=1S/C17H20N4O3S/c1-11-19-13(10-25-11)8-16(23)21-7-4-14(15(22)9-21)20-17(24)12-2-5-18-6-3-12/h2-3,5-6,10,14-15,22H,4,7-9H2,1H3,(H,20,24). The van der Waals surface area contributed by atoms with Crippen LogP contribution in [0.25, 0.3) is 0 Å². The van der Waals surface area contributed by atoms with Crippen LogP contribution in [-0.4, -0.2) is 57.0 Å². The molecule has 8 heteroatoms. The van der Waals surface area contributed by atoms with Crippen molar-refractivity contribution in [1.82, 2.24) is 20.2 Å². The zero-order valence-electron chi connectivity index (χ0n) is 13.9. The summed E-state index contributed by atoms with van der Waals surface area (Å²) in [6.45, 7) is 2.61. The first-order valence-electron chi connectivity index (χ1n) is 8.10. The molecule has 1 saturated heterocycles. The number of aromatic nitrogens is 2. The minimum absolute atomic E-state index is 0.0525. The number of aryl methyl sites for hydroxylation is 1. The number of thiazole rings is 1. The molecule has 0 aromatic carbocycles. The highest BCUT2D eigenvalue weighted by Crippen LogP contribution is 2.15. The lowest BCUT2D eigenvalue weighted by molar-refractivity contribution is -0.134. The molecule has 2 unspecified atom stereocenters. The lowest BCUT2D eigenvalue weighted by Crippen LogP contribution is -2.55. The number of hydrogen-bond donors (Lipinski definition) is 2. The van der Waals surface area contributed by atoms with Crippen molar-refractivity contribution in [1.29, 1.82) is 0 Å². The predicted molar refractivity (Wildman–Crippen MR) is 93.3 cm³/mol. The van der Waals surface area contributed by atoms with Crippen molar-refractivity contribution < 1.29 is 14.7 Å². The fraction of sp³-hybridized carbons (Fsp3) is 0.412. The van der Waals surface area contributed by atoms with Gasteiger partial charge in [0, 0.05) is 36.4 Å². The highest BCUT2D eigenvalue weighted by Gasteiger charge is 2.31. The Morgan fingerprint density at radius 1 is 1.40 bits per heavy atom. The minimum atomic E-state index is -0.791. The van der Waals surface area contributed by atoms with Crippen LogP contribution in [0.2, 0.25) is 0 Å². The third-order valence-corrected chi connectivity index (χ3v) is 5.01. The second kappa shape index (κ2) is 7.71. The second-order valence-electron chi connectivity index (χ2n) is 6.05. The molecule has 2 aromatic heterocycles. The molecule has 1 aliphatic heterocycles. The number of β-amino-alcohol motifs (C(OH)–C–C–N with tert-alkyl or cyclic N) is 1. The molecule has 1 aliphatic rings. The number of carbonyl (C=O) groups excluding carboxylic acids is 2. The van der Waals surface area contributed by atoms with Gasteiger partial charge in [-0.3, -0.25) is 14.6 Å². The number of pyridine rings is 1. The molecule has 25 heavy (non-hydrogen) atoms. The summed E-state index contributed by atoms with van der Waals surface area (Å²) in [5.41, 5.74) is 1.26. The van der Waals surface area contributed by atoms with E-state index in [1.807, 2.05) is 12.3 Å². The summed E-state index contributed by atoms with van der Waals surface area (Å²) in [4.78, 5) is 34.3. The van der Waals surface area contributed by atoms with Crippen molar-refractivity contribution >= 4 is 23.2 Å². The van der Waals surface area contributed by atoms with E-state index < -0.39 is 6.10 Å². The van der Waals surface area contributed by atoms with E-state index >= 15 is 0 Å². The van der Waals surface area contributed by atoms with Crippen LogP contribution in [0, 0.1) is 6.92 Å². The van der Waals surface area contributed by atoms with Crippen LogP contribution in [0.15, 0.2) is 29.9 Å². The Labute approximate surface area is 149 Å². The van der Waals surface area contributed by atoms with E-state index in [4.69, 9.17) is 0 Å². The third kappa shape index (κ3) is 4.40. The third-order valence-electron chi connectivity index (χ3n) is 4.19. The molecule has 7 nitrogen and oxygen atoms in total. The Hall–Kier alpha value is -2.32. The molecule has 3 heterocycles. The molecule has 2 amide bonds. The Morgan fingerprint density at radius 3 is 2.80 bits per heavy atom. The van der Waals surface area contributed by atoms with E-state index in [2.05, 4.69) is 15.3 Å². The van der Waals surface area contributed by atoms with Gasteiger partial charge in [0.2, 0.25) is 5.91 Å². The summed E-state index contributed by atoms with van der Waals surface area (Å²) in [6.07, 6.45) is 3.06. The van der Waals surface area contributed by atoms with Crippen LogP contribution in [0.1, 0.15) is 27.5 Å². The van der Waals surface area contributed by atoms with Crippen LogP contribution in [-0.2, 0) is 11.2 Å². The number of hydrogen-bond acceptors (Lipinski definition) is 6. The van der Waals surface area contributed by atoms with E-state index in [-0.39, 0.29) is 30.8 Å². The number of carbonyl (C=O) groups is 2. The molecule has 2 atom stereocenters. The maximum atomic E-state index is 12.4. The highest BCUT2D eigenvalue weighted by atomic mass is 32.1. The molecule has 0 spiro atoms. The molecule has 0 radical (unpaired) electrons. The Bertz CT molecular complexity index is 749. The number of nitrogens with zero attached hydrogens (tertiary/aromatic N) is 3. The molecule has 2 aromatic rings. The molecular weight excluding hydrogens is 340 g/mol. The highest BCUT2D eigenvalue weighted by molar-refractivity contribution is 7.09. The number of aliphatic hydroxyl groups excluding tert-OH is 1. The number of amides is 2. The number of piperidine rings is 1. The SMILES string of the molecule is Cc1nc(CC(=O)N2CCC(NC(=O)c3ccncc3)C(O)C2)cs1. The van der Waals surface area contributed by atoms with E-state index in [0.29, 0.717) is 18.5 Å². The molecule has 0 saturated carbocycles. The lowest BCUT2D eigenvalue weighted by Gasteiger charge is -2.36. The first-order chi connectivity index (χ1) is 12.0. The fourth-order valence-electron chi connectivity index (χ4n) is 2.84. The van der Waals surface area contributed by atoms with Gasteiger partial charge in [0.25, 0.3) is 5.91 Å². The molecular formula is C17H20N4O3S. The monoisotopic (exact) mass is 360 g/mol. The zero-order chi connectivity index (χ0) is 17.8. The van der Waals surface area contributed by atoms with Gasteiger partial charge in [-0.15, -0.1) is 11.3 Å². The van der Waals surface area contributed by atoms with Crippen LogP contribution in [0.5, 0.6) is 0 Å². The summed E-state index contributed by atoms with van der Waals surface area (Å²) in [7, 11) is 0. The van der Waals surface area contributed by atoms with Crippen molar-refractivity contribution in [3.8, 4) is 0 Å². The summed E-state index contributed by atoms with van der Waals surface area (Å²) in [5.74, 6) is -0.299. The van der Waals surface area contributed by atoms with Gasteiger partial charge in [0.15, 0.2) is 0 Å². The van der Waals surface area contributed by atoms with E-state index in [1.54, 1.807) is 29.4 Å². The largest absolute Gasteiger partial charge is 0.389 e. The van der Waals surface area contributed by atoms with Gasteiger partial charge >= 0.3 is 0 Å². The van der Waals surface area contributed by atoms with E-state index in [9.17, 15) is 14.7 Å². The van der Waals surface area contributed by atoms with Gasteiger partial charge in [0.05, 0.1) is 29.3 Å². The zero-order valence-corrected chi connectivity index (χ0v) is 14.7. The van der Waals surface area contributed by atoms with Crippen LogP contribution < -0.4 is 5.32 Å². The van der Waals surface area contributed by atoms with Crippen LogP contribution in [0.4, 0.5) is 0 Å². The second-order valence-corrected chi connectivity index (χ2v) is 7.11. The van der Waals surface area contributed by atoms with Crippen LogP contribution >= 0.6 is 11.3 Å². The van der Waals surface area contributed by atoms with Gasteiger partial charge in [-0.2, -0.15) is 0 Å². The number of aliphatic hydroxyl groups is 1. The quantitative estimate of drug-likeness (QED) is 0.840. The predicted octanol–water partition coefficient (Wildman–Crippen LogP) is 0.781. The Morgan fingerprint density at radius 2 is 2.16 bits per heavy atom. The maximum Gasteiger partial charge on any atom is 0.251 e. The summed E-state index contributed by atoms with van der Waals surface area (Å²) >= 11 is 1.52. The van der Waals surface area contributed by atoms with Crippen molar-refractivity contribution in [3.63, 3.8) is 0 Å². The first kappa shape index (κ1) is 17.5. The van der Waals surface area contributed by atoms with Gasteiger partial charge < -0.3 is 15.3 Å². The molecule has 132 valence electrons. The molecule has 0 aliphatic carbocycles. The van der Waals surface area contributed by atoms with Gasteiger partial charge in [-0.25, -0.2) is 4.98 Å². The number of nitrogens with one attached hydrogen (secondary N) is 1. The topological polar surface area (TPSA) is 95.4 Å². The Kier molecular flexibility index (Phi) is 5.40. The summed E-state index contributed by atoms with van der Waals surface area (Å²) in [5, 5.41) is 16.0. The lowest BCUT2D eigenvalue weighted by atomic mass is 10.0. The van der Waals surface area contributed by atoms with E-state index in [0.717, 1.165) is 10.7 Å². The molecule has 0 bridgehead atoms. The minimum Gasteiger partial charge on any atom is -0.389 e. The van der Waals surface area contributed by atoms with Crippen molar-refractivity contribution in [2.45, 2.75) is 31.9 Å². The number of rotatable bonds is 4. The van der Waals surface area contributed by atoms with Gasteiger partial charge in [-0.05, 0) is 25.5 Å². The smallest absolute Gasteiger partial charge is 0.251 e. The van der Waals surface area contributed by atoms with Crippen molar-refractivity contribution in [3.05, 3.63) is 46.2 Å². The Balaban J connectivity index is 1.53. The summed E-state index contributed by atoms with van der Waals surface area (Å²) < 4.78 is 0. The van der Waals surface area contributed by atoms with Crippen molar-refractivity contribution in [2.75, 3.05) is 13.1 Å².